The summed E-state index contributed by atoms with van der Waals surface area (Å²) in [6.07, 6.45) is 0. The van der Waals surface area contributed by atoms with Crippen LogP contribution in [0.4, 0.5) is 10.1 Å². The van der Waals surface area contributed by atoms with Gasteiger partial charge in [-0.25, -0.2) is 9.18 Å². The summed E-state index contributed by atoms with van der Waals surface area (Å²) in [5.74, 6) is -1.04. The fourth-order valence-corrected chi connectivity index (χ4v) is 1.70. The van der Waals surface area contributed by atoms with Crippen molar-refractivity contribution in [3.63, 3.8) is 0 Å². The van der Waals surface area contributed by atoms with Crippen molar-refractivity contribution in [1.29, 1.82) is 0 Å². The Morgan fingerprint density at radius 3 is 2.67 bits per heavy atom. The van der Waals surface area contributed by atoms with E-state index < -0.39 is 11.8 Å². The van der Waals surface area contributed by atoms with Crippen molar-refractivity contribution < 1.29 is 18.7 Å². The predicted octanol–water partition coefficient (Wildman–Crippen LogP) is 2.37. The molecular formula is C13H18FNO3. The molecule has 0 heterocycles. The number of benzene rings is 1. The lowest BCUT2D eigenvalue weighted by molar-refractivity contribution is 0.0601. The van der Waals surface area contributed by atoms with Crippen LogP contribution in [0.1, 0.15) is 22.8 Å². The Morgan fingerprint density at radius 1 is 1.44 bits per heavy atom. The van der Waals surface area contributed by atoms with Gasteiger partial charge in [0.05, 0.1) is 25.0 Å². The second-order valence-electron chi connectivity index (χ2n) is 4.16. The number of carbonyl (C=O) groups excluding carboxylic acids is 1. The summed E-state index contributed by atoms with van der Waals surface area (Å²) < 4.78 is 23.5. The van der Waals surface area contributed by atoms with E-state index in [4.69, 9.17) is 4.74 Å². The van der Waals surface area contributed by atoms with Crippen molar-refractivity contribution in [2.45, 2.75) is 19.9 Å². The highest BCUT2D eigenvalue weighted by atomic mass is 19.1. The van der Waals surface area contributed by atoms with Gasteiger partial charge in [0.2, 0.25) is 0 Å². The lowest BCUT2D eigenvalue weighted by Gasteiger charge is -2.17. The third-order valence-corrected chi connectivity index (χ3v) is 2.45. The number of ether oxygens (including phenoxy) is 2. The number of methoxy groups -OCH3 is 2. The largest absolute Gasteiger partial charge is 0.465 e. The van der Waals surface area contributed by atoms with E-state index in [2.05, 4.69) is 10.1 Å². The fraction of sp³-hybridized carbons (Fsp3) is 0.462. The van der Waals surface area contributed by atoms with E-state index >= 15 is 0 Å². The standard InChI is InChI=1S/C13H18FNO3/c1-8-5-10(13(16)18-4)12(11(14)6-8)15-9(2)7-17-3/h5-6,9,15H,7H2,1-4H3. The number of rotatable bonds is 5. The zero-order valence-electron chi connectivity index (χ0n) is 11.0. The van der Waals surface area contributed by atoms with Gasteiger partial charge in [-0.1, -0.05) is 0 Å². The van der Waals surface area contributed by atoms with Crippen LogP contribution in [0, 0.1) is 12.7 Å². The fourth-order valence-electron chi connectivity index (χ4n) is 1.70. The van der Waals surface area contributed by atoms with Crippen LogP contribution in [-0.2, 0) is 9.47 Å². The Hall–Kier alpha value is -1.62. The molecule has 1 rings (SSSR count). The van der Waals surface area contributed by atoms with Crippen molar-refractivity contribution in [3.8, 4) is 0 Å². The first-order valence-corrected chi connectivity index (χ1v) is 5.63. The molecule has 1 aromatic carbocycles. The van der Waals surface area contributed by atoms with E-state index in [1.165, 1.54) is 13.2 Å². The molecule has 1 N–H and O–H groups in total. The molecule has 1 atom stereocenters. The minimum Gasteiger partial charge on any atom is -0.465 e. The van der Waals surface area contributed by atoms with Gasteiger partial charge in [-0.05, 0) is 31.5 Å². The third-order valence-electron chi connectivity index (χ3n) is 2.45. The molecular weight excluding hydrogens is 237 g/mol. The van der Waals surface area contributed by atoms with Crippen LogP contribution in [0.2, 0.25) is 0 Å². The molecule has 0 spiro atoms. The van der Waals surface area contributed by atoms with Gasteiger partial charge in [-0.15, -0.1) is 0 Å². The molecule has 0 aliphatic heterocycles. The monoisotopic (exact) mass is 255 g/mol. The SMILES string of the molecule is COCC(C)Nc1c(F)cc(C)cc1C(=O)OC. The van der Waals surface area contributed by atoms with E-state index in [-0.39, 0.29) is 17.3 Å². The summed E-state index contributed by atoms with van der Waals surface area (Å²) in [6, 6.07) is 2.85. The molecule has 0 aromatic heterocycles. The molecule has 0 saturated carbocycles. The van der Waals surface area contributed by atoms with E-state index in [9.17, 15) is 9.18 Å². The highest BCUT2D eigenvalue weighted by Gasteiger charge is 2.18. The Kier molecular flexibility index (Phi) is 5.09. The summed E-state index contributed by atoms with van der Waals surface area (Å²) in [5, 5.41) is 2.92. The zero-order chi connectivity index (χ0) is 13.7. The highest BCUT2D eigenvalue weighted by Crippen LogP contribution is 2.23. The van der Waals surface area contributed by atoms with Gasteiger partial charge in [-0.2, -0.15) is 0 Å². The molecule has 100 valence electrons. The average Bonchev–Trinajstić information content (AvgIpc) is 2.31. The Morgan fingerprint density at radius 2 is 2.11 bits per heavy atom. The number of hydrogen-bond acceptors (Lipinski definition) is 4. The van der Waals surface area contributed by atoms with Crippen LogP contribution in [0.3, 0.4) is 0 Å². The lowest BCUT2D eigenvalue weighted by Crippen LogP contribution is -2.23. The molecule has 0 amide bonds. The molecule has 0 aliphatic carbocycles. The summed E-state index contributed by atoms with van der Waals surface area (Å²) >= 11 is 0. The molecule has 0 aliphatic rings. The lowest BCUT2D eigenvalue weighted by atomic mass is 10.1. The number of halogens is 1. The van der Waals surface area contributed by atoms with Gasteiger partial charge in [0.1, 0.15) is 5.82 Å². The van der Waals surface area contributed by atoms with Crippen LogP contribution >= 0.6 is 0 Å². The van der Waals surface area contributed by atoms with Crippen molar-refractivity contribution in [2.75, 3.05) is 26.1 Å². The minimum atomic E-state index is -0.565. The maximum Gasteiger partial charge on any atom is 0.340 e. The number of carbonyl (C=O) groups is 1. The van der Waals surface area contributed by atoms with Crippen molar-refractivity contribution in [1.82, 2.24) is 0 Å². The van der Waals surface area contributed by atoms with Gasteiger partial charge in [-0.3, -0.25) is 0 Å². The first-order chi connectivity index (χ1) is 8.49. The molecule has 0 bridgehead atoms. The number of anilines is 1. The topological polar surface area (TPSA) is 47.6 Å². The second kappa shape index (κ2) is 6.35. The summed E-state index contributed by atoms with van der Waals surface area (Å²) in [5.41, 5.74) is 1.01. The Labute approximate surface area is 106 Å². The molecule has 1 unspecified atom stereocenters. The van der Waals surface area contributed by atoms with Crippen LogP contribution in [-0.4, -0.2) is 32.8 Å². The molecule has 0 fully saturated rings. The molecule has 1 aromatic rings. The van der Waals surface area contributed by atoms with Crippen LogP contribution in [0.15, 0.2) is 12.1 Å². The Bertz CT molecular complexity index is 434. The van der Waals surface area contributed by atoms with Crippen LogP contribution < -0.4 is 5.32 Å². The Balaban J connectivity index is 3.11. The van der Waals surface area contributed by atoms with E-state index in [1.807, 2.05) is 6.92 Å². The molecule has 18 heavy (non-hydrogen) atoms. The van der Waals surface area contributed by atoms with E-state index in [0.717, 1.165) is 0 Å². The zero-order valence-corrected chi connectivity index (χ0v) is 11.0. The number of aryl methyl sites for hydroxylation is 1. The van der Waals surface area contributed by atoms with E-state index in [0.29, 0.717) is 12.2 Å². The predicted molar refractivity (Wildman–Crippen MR) is 67.4 cm³/mol. The van der Waals surface area contributed by atoms with Crippen molar-refractivity contribution in [2.24, 2.45) is 0 Å². The molecule has 5 heteroatoms. The van der Waals surface area contributed by atoms with Gasteiger partial charge in [0.15, 0.2) is 0 Å². The van der Waals surface area contributed by atoms with Gasteiger partial charge in [0.25, 0.3) is 0 Å². The molecule has 0 radical (unpaired) electrons. The number of nitrogens with one attached hydrogen (secondary N) is 1. The van der Waals surface area contributed by atoms with Crippen molar-refractivity contribution >= 4 is 11.7 Å². The van der Waals surface area contributed by atoms with Crippen LogP contribution in [0.25, 0.3) is 0 Å². The summed E-state index contributed by atoms with van der Waals surface area (Å²) in [4.78, 5) is 11.6. The van der Waals surface area contributed by atoms with Gasteiger partial charge >= 0.3 is 5.97 Å². The molecule has 4 nitrogen and oxygen atoms in total. The number of esters is 1. The van der Waals surface area contributed by atoms with Gasteiger partial charge < -0.3 is 14.8 Å². The maximum atomic E-state index is 13.9. The minimum absolute atomic E-state index is 0.115. The summed E-state index contributed by atoms with van der Waals surface area (Å²) in [7, 11) is 2.83. The van der Waals surface area contributed by atoms with E-state index in [1.54, 1.807) is 20.1 Å². The summed E-state index contributed by atoms with van der Waals surface area (Å²) in [6.45, 7) is 3.97. The molecule has 0 saturated heterocycles. The third kappa shape index (κ3) is 3.43. The van der Waals surface area contributed by atoms with Crippen LogP contribution in [0.5, 0.6) is 0 Å². The first kappa shape index (κ1) is 14.4. The maximum absolute atomic E-state index is 13.9. The number of hydrogen-bond donors (Lipinski definition) is 1. The smallest absolute Gasteiger partial charge is 0.340 e. The normalized spacial score (nSPS) is 12.1. The second-order valence-corrected chi connectivity index (χ2v) is 4.16. The average molecular weight is 255 g/mol. The van der Waals surface area contributed by atoms with Gasteiger partial charge in [0, 0.05) is 13.2 Å². The van der Waals surface area contributed by atoms with Crippen molar-refractivity contribution in [3.05, 3.63) is 29.1 Å². The quantitative estimate of drug-likeness (QED) is 0.820. The first-order valence-electron chi connectivity index (χ1n) is 5.63. The highest BCUT2D eigenvalue weighted by molar-refractivity contribution is 5.96.